The van der Waals surface area contributed by atoms with E-state index in [-0.39, 0.29) is 10.8 Å². The summed E-state index contributed by atoms with van der Waals surface area (Å²) in [4.78, 5) is 0. The summed E-state index contributed by atoms with van der Waals surface area (Å²) in [7, 11) is 0. The molecule has 0 aromatic carbocycles. The first kappa shape index (κ1) is 9.92. The van der Waals surface area contributed by atoms with Gasteiger partial charge >= 0.3 is 0 Å². The molecule has 2 nitrogen and oxygen atoms in total. The molecule has 62 valence electrons. The van der Waals surface area contributed by atoms with Gasteiger partial charge in [-0.25, -0.2) is 0 Å². The fourth-order valence-electron chi connectivity index (χ4n) is 0.553. The van der Waals surface area contributed by atoms with Gasteiger partial charge in [0, 0.05) is 0 Å². The fraction of sp³-hybridized carbons (Fsp3) is 1.00. The lowest BCUT2D eigenvalue weighted by Crippen LogP contribution is -2.43. The molecule has 0 saturated carbocycles. The van der Waals surface area contributed by atoms with Gasteiger partial charge in [-0.05, 0) is 23.9 Å². The fourth-order valence-corrected chi connectivity index (χ4v) is 0.553. The minimum atomic E-state index is 0.141. The summed E-state index contributed by atoms with van der Waals surface area (Å²) in [5.74, 6) is 0. The van der Waals surface area contributed by atoms with Gasteiger partial charge in [-0.3, -0.25) is 0 Å². The first-order valence-electron chi connectivity index (χ1n) is 3.77. The SMILES string of the molecule is CC(C)(CN)C(C)(C)CN. The van der Waals surface area contributed by atoms with Crippen LogP contribution in [0.15, 0.2) is 0 Å². The van der Waals surface area contributed by atoms with Crippen molar-refractivity contribution in [2.45, 2.75) is 27.7 Å². The Morgan fingerprint density at radius 1 is 0.800 bits per heavy atom. The zero-order chi connectivity index (χ0) is 8.41. The van der Waals surface area contributed by atoms with E-state index in [0.717, 1.165) is 0 Å². The minimum Gasteiger partial charge on any atom is -0.330 e. The van der Waals surface area contributed by atoms with Crippen LogP contribution in [0.4, 0.5) is 0 Å². The van der Waals surface area contributed by atoms with E-state index in [1.54, 1.807) is 0 Å². The molecule has 0 fully saturated rings. The summed E-state index contributed by atoms with van der Waals surface area (Å²) in [6, 6.07) is 0. The Labute approximate surface area is 64.0 Å². The number of rotatable bonds is 3. The predicted molar refractivity (Wildman–Crippen MR) is 45.7 cm³/mol. The Hall–Kier alpha value is -0.0800. The molecule has 0 aliphatic rings. The Balaban J connectivity index is 4.28. The first-order chi connectivity index (χ1) is 4.37. The number of hydrogen-bond acceptors (Lipinski definition) is 2. The van der Waals surface area contributed by atoms with Gasteiger partial charge in [-0.1, -0.05) is 27.7 Å². The van der Waals surface area contributed by atoms with Gasteiger partial charge in [-0.2, -0.15) is 0 Å². The normalized spacial score (nSPS) is 13.8. The van der Waals surface area contributed by atoms with E-state index in [2.05, 4.69) is 27.7 Å². The van der Waals surface area contributed by atoms with Crippen molar-refractivity contribution in [3.05, 3.63) is 0 Å². The third kappa shape index (κ3) is 1.70. The second-order valence-electron chi connectivity index (χ2n) is 4.18. The number of nitrogens with two attached hydrogens (primary N) is 2. The van der Waals surface area contributed by atoms with Crippen LogP contribution < -0.4 is 11.5 Å². The third-order valence-corrected chi connectivity index (χ3v) is 2.85. The number of hydrogen-bond donors (Lipinski definition) is 2. The molecular weight excluding hydrogens is 124 g/mol. The Kier molecular flexibility index (Phi) is 2.86. The third-order valence-electron chi connectivity index (χ3n) is 2.85. The lowest BCUT2D eigenvalue weighted by atomic mass is 9.68. The van der Waals surface area contributed by atoms with Crippen LogP contribution in [0.3, 0.4) is 0 Å². The summed E-state index contributed by atoms with van der Waals surface area (Å²) in [6.07, 6.45) is 0. The van der Waals surface area contributed by atoms with Crippen LogP contribution >= 0.6 is 0 Å². The lowest BCUT2D eigenvalue weighted by Gasteiger charge is -2.39. The molecule has 2 heteroatoms. The minimum absolute atomic E-state index is 0.141. The first-order valence-corrected chi connectivity index (χ1v) is 3.77. The van der Waals surface area contributed by atoms with Gasteiger partial charge in [0.05, 0.1) is 0 Å². The predicted octanol–water partition coefficient (Wildman–Crippen LogP) is 0.956. The molecule has 0 unspecified atom stereocenters. The van der Waals surface area contributed by atoms with Gasteiger partial charge in [0.2, 0.25) is 0 Å². The van der Waals surface area contributed by atoms with Crippen molar-refractivity contribution in [3.8, 4) is 0 Å². The van der Waals surface area contributed by atoms with E-state index in [0.29, 0.717) is 13.1 Å². The highest BCUT2D eigenvalue weighted by molar-refractivity contribution is 4.87. The molecule has 0 spiro atoms. The molecule has 0 aliphatic carbocycles. The maximum Gasteiger partial charge on any atom is -0.00202 e. The van der Waals surface area contributed by atoms with E-state index < -0.39 is 0 Å². The highest BCUT2D eigenvalue weighted by atomic mass is 14.7. The van der Waals surface area contributed by atoms with Gasteiger partial charge < -0.3 is 11.5 Å². The topological polar surface area (TPSA) is 52.0 Å². The van der Waals surface area contributed by atoms with Crippen LogP contribution in [0, 0.1) is 10.8 Å². The second kappa shape index (κ2) is 2.89. The second-order valence-corrected chi connectivity index (χ2v) is 4.18. The van der Waals surface area contributed by atoms with Crippen LogP contribution in [0.1, 0.15) is 27.7 Å². The summed E-state index contributed by atoms with van der Waals surface area (Å²) in [5, 5.41) is 0. The molecule has 10 heavy (non-hydrogen) atoms. The Morgan fingerprint density at radius 2 is 1.00 bits per heavy atom. The van der Waals surface area contributed by atoms with Crippen molar-refractivity contribution in [3.63, 3.8) is 0 Å². The van der Waals surface area contributed by atoms with Crippen molar-refractivity contribution in [1.29, 1.82) is 0 Å². The quantitative estimate of drug-likeness (QED) is 0.620. The molecule has 0 bridgehead atoms. The molecule has 0 heterocycles. The van der Waals surface area contributed by atoms with Crippen molar-refractivity contribution in [1.82, 2.24) is 0 Å². The molecule has 0 saturated heterocycles. The van der Waals surface area contributed by atoms with Crippen molar-refractivity contribution < 1.29 is 0 Å². The van der Waals surface area contributed by atoms with Crippen LogP contribution in [0.2, 0.25) is 0 Å². The van der Waals surface area contributed by atoms with Gasteiger partial charge in [-0.15, -0.1) is 0 Å². The van der Waals surface area contributed by atoms with Crippen LogP contribution in [0.25, 0.3) is 0 Å². The maximum atomic E-state index is 5.61. The molecule has 0 atom stereocenters. The highest BCUT2D eigenvalue weighted by Gasteiger charge is 2.34. The Morgan fingerprint density at radius 3 is 1.10 bits per heavy atom. The van der Waals surface area contributed by atoms with Gasteiger partial charge in [0.1, 0.15) is 0 Å². The molecule has 0 amide bonds. The van der Waals surface area contributed by atoms with E-state index in [1.807, 2.05) is 0 Å². The molecule has 4 N–H and O–H groups in total. The summed E-state index contributed by atoms with van der Waals surface area (Å²) in [5.41, 5.74) is 11.5. The van der Waals surface area contributed by atoms with E-state index in [9.17, 15) is 0 Å². The monoisotopic (exact) mass is 144 g/mol. The van der Waals surface area contributed by atoms with Crippen molar-refractivity contribution in [2.75, 3.05) is 13.1 Å². The molecule has 0 aliphatic heterocycles. The van der Waals surface area contributed by atoms with Crippen molar-refractivity contribution in [2.24, 2.45) is 22.3 Å². The van der Waals surface area contributed by atoms with Gasteiger partial charge in [0.25, 0.3) is 0 Å². The smallest absolute Gasteiger partial charge is 0.00202 e. The molecule has 0 aromatic heterocycles. The summed E-state index contributed by atoms with van der Waals surface area (Å²) >= 11 is 0. The van der Waals surface area contributed by atoms with E-state index in [1.165, 1.54) is 0 Å². The zero-order valence-electron chi connectivity index (χ0n) is 7.57. The molecule has 0 aromatic rings. The lowest BCUT2D eigenvalue weighted by molar-refractivity contribution is 0.129. The van der Waals surface area contributed by atoms with Crippen LogP contribution in [-0.4, -0.2) is 13.1 Å². The largest absolute Gasteiger partial charge is 0.330 e. The van der Waals surface area contributed by atoms with Crippen LogP contribution in [0.5, 0.6) is 0 Å². The summed E-state index contributed by atoms with van der Waals surface area (Å²) < 4.78 is 0. The van der Waals surface area contributed by atoms with Crippen LogP contribution in [-0.2, 0) is 0 Å². The highest BCUT2D eigenvalue weighted by Crippen LogP contribution is 2.35. The molecule has 0 radical (unpaired) electrons. The van der Waals surface area contributed by atoms with E-state index >= 15 is 0 Å². The van der Waals surface area contributed by atoms with Gasteiger partial charge in [0.15, 0.2) is 0 Å². The maximum absolute atomic E-state index is 5.61. The average molecular weight is 144 g/mol. The standard InChI is InChI=1S/C8H20N2/c1-7(2,5-9)8(3,4)6-10/h5-6,9-10H2,1-4H3. The Bertz CT molecular complexity index is 91.8. The zero-order valence-corrected chi connectivity index (χ0v) is 7.57. The van der Waals surface area contributed by atoms with E-state index in [4.69, 9.17) is 11.5 Å². The summed E-state index contributed by atoms with van der Waals surface area (Å²) in [6.45, 7) is 9.99. The average Bonchev–Trinajstić information content (AvgIpc) is 1.88. The molecular formula is C8H20N2. The van der Waals surface area contributed by atoms with Crippen molar-refractivity contribution >= 4 is 0 Å². The molecule has 0 rings (SSSR count).